The average Bonchev–Trinajstić information content (AvgIpc) is 3.04. The van der Waals surface area contributed by atoms with Gasteiger partial charge in [-0.3, -0.25) is 9.48 Å². The summed E-state index contributed by atoms with van der Waals surface area (Å²) in [5, 5.41) is 12.1. The Balaban J connectivity index is 1.35. The third-order valence-corrected chi connectivity index (χ3v) is 6.70. The lowest BCUT2D eigenvalue weighted by atomic mass is 10.1. The highest BCUT2D eigenvalue weighted by Gasteiger charge is 2.22. The molecule has 0 aliphatic carbocycles. The van der Waals surface area contributed by atoms with Gasteiger partial charge in [0.05, 0.1) is 41.3 Å². The van der Waals surface area contributed by atoms with Crippen molar-refractivity contribution in [2.75, 3.05) is 43.1 Å². The summed E-state index contributed by atoms with van der Waals surface area (Å²) in [6.07, 6.45) is 6.33. The second-order valence-corrected chi connectivity index (χ2v) is 9.05. The Labute approximate surface area is 207 Å². The van der Waals surface area contributed by atoms with Crippen molar-refractivity contribution in [2.24, 2.45) is 0 Å². The highest BCUT2D eigenvalue weighted by molar-refractivity contribution is 6.35. The van der Waals surface area contributed by atoms with Crippen LogP contribution in [0.1, 0.15) is 25.3 Å². The first kappa shape index (κ1) is 23.0. The van der Waals surface area contributed by atoms with Crippen LogP contribution in [0.15, 0.2) is 36.7 Å². The van der Waals surface area contributed by atoms with Crippen LogP contribution >= 0.6 is 23.2 Å². The summed E-state index contributed by atoms with van der Waals surface area (Å²) in [4.78, 5) is 22.7. The molecule has 178 valence electrons. The number of amides is 1. The molecule has 0 bridgehead atoms. The number of benzene rings is 1. The Kier molecular flexibility index (Phi) is 6.96. The number of ether oxygens (including phenoxy) is 1. The Hall–Kier alpha value is -2.72. The first-order valence-corrected chi connectivity index (χ1v) is 12.1. The van der Waals surface area contributed by atoms with Gasteiger partial charge in [-0.2, -0.15) is 5.10 Å². The molecule has 5 rings (SSSR count). The summed E-state index contributed by atoms with van der Waals surface area (Å²) in [5.74, 6) is 0.340. The minimum Gasteiger partial charge on any atom is -0.370 e. The fraction of sp³-hybridized carbons (Fsp3) is 0.391. The highest BCUT2D eigenvalue weighted by Crippen LogP contribution is 2.35. The number of anilines is 3. The third kappa shape index (κ3) is 4.88. The number of morpholine rings is 1. The van der Waals surface area contributed by atoms with E-state index in [1.165, 1.54) is 0 Å². The minimum atomic E-state index is -0.0461. The average molecular weight is 502 g/mol. The lowest BCUT2D eigenvalue weighted by Crippen LogP contribution is -2.41. The first-order valence-electron chi connectivity index (χ1n) is 11.3. The van der Waals surface area contributed by atoms with Crippen molar-refractivity contribution < 1.29 is 9.53 Å². The molecule has 2 N–H and O–H groups in total. The second-order valence-electron chi connectivity index (χ2n) is 8.29. The van der Waals surface area contributed by atoms with E-state index in [9.17, 15) is 4.79 Å². The maximum absolute atomic E-state index is 12.1. The van der Waals surface area contributed by atoms with Crippen LogP contribution in [0, 0.1) is 0 Å². The molecule has 0 radical (unpaired) electrons. The van der Waals surface area contributed by atoms with Gasteiger partial charge in [0.25, 0.3) is 5.91 Å². The molecule has 11 heteroatoms. The Morgan fingerprint density at radius 3 is 2.79 bits per heavy atom. The second kappa shape index (κ2) is 10.3. The predicted molar refractivity (Wildman–Crippen MR) is 132 cm³/mol. The van der Waals surface area contributed by atoms with Gasteiger partial charge in [0.2, 0.25) is 5.95 Å². The molecule has 1 amide bonds. The minimum absolute atomic E-state index is 0.0461. The summed E-state index contributed by atoms with van der Waals surface area (Å²) < 4.78 is 7.07. The van der Waals surface area contributed by atoms with Crippen molar-refractivity contribution in [1.29, 1.82) is 0 Å². The maximum Gasteiger partial charge on any atom is 0.253 e. The third-order valence-electron chi connectivity index (χ3n) is 6.05. The Morgan fingerprint density at radius 2 is 1.97 bits per heavy atom. The number of nitrogens with zero attached hydrogens (tertiary/aromatic N) is 5. The zero-order valence-electron chi connectivity index (χ0n) is 18.5. The number of halogens is 2. The van der Waals surface area contributed by atoms with Gasteiger partial charge in [-0.15, -0.1) is 0 Å². The van der Waals surface area contributed by atoms with Gasteiger partial charge in [-0.25, -0.2) is 9.97 Å². The van der Waals surface area contributed by atoms with E-state index in [1.807, 2.05) is 28.9 Å². The van der Waals surface area contributed by atoms with Crippen LogP contribution < -0.4 is 15.5 Å². The lowest BCUT2D eigenvalue weighted by molar-refractivity contribution is -0.125. The van der Waals surface area contributed by atoms with Crippen molar-refractivity contribution in [3.8, 4) is 11.3 Å². The standard InChI is InChI=1S/C23H25Cl2N7O2/c24-19-13-27-23(29-15-3-5-16(6-4-15)31-10-11-34-14-20(31)33)30-21(19)18-12-28-32(22(18)25)17-2-1-8-26-9-7-17/h3-6,12-13,17,26H,1-2,7-11,14H2,(H,27,29,30). The van der Waals surface area contributed by atoms with Crippen LogP contribution in [0.4, 0.5) is 17.3 Å². The molecule has 9 nitrogen and oxygen atoms in total. The molecule has 2 fully saturated rings. The number of hydrogen-bond acceptors (Lipinski definition) is 7. The zero-order valence-corrected chi connectivity index (χ0v) is 20.0. The van der Waals surface area contributed by atoms with E-state index in [0.717, 1.165) is 43.7 Å². The van der Waals surface area contributed by atoms with E-state index in [1.54, 1.807) is 17.3 Å². The summed E-state index contributed by atoms with van der Waals surface area (Å²) in [6.45, 7) is 3.14. The molecule has 1 atom stereocenters. The van der Waals surface area contributed by atoms with Crippen LogP contribution in [0.5, 0.6) is 0 Å². The molecule has 2 aliphatic heterocycles. The Morgan fingerprint density at radius 1 is 1.12 bits per heavy atom. The van der Waals surface area contributed by atoms with Crippen LogP contribution in [-0.2, 0) is 9.53 Å². The molecule has 2 aromatic heterocycles. The quantitative estimate of drug-likeness (QED) is 0.543. The molecule has 34 heavy (non-hydrogen) atoms. The van der Waals surface area contributed by atoms with Crippen molar-refractivity contribution in [1.82, 2.24) is 25.1 Å². The van der Waals surface area contributed by atoms with Crippen LogP contribution in [0.25, 0.3) is 11.3 Å². The SMILES string of the molecule is O=C1COCCN1c1ccc(Nc2ncc(Cl)c(-c3cnn(C4CCCNCC4)c3Cl)n2)cc1. The fourth-order valence-corrected chi connectivity index (χ4v) is 4.78. The maximum atomic E-state index is 12.1. The van der Waals surface area contributed by atoms with E-state index < -0.39 is 0 Å². The number of aromatic nitrogens is 4. The van der Waals surface area contributed by atoms with Gasteiger partial charge in [0.15, 0.2) is 0 Å². The molecule has 2 aliphatic rings. The molecular weight excluding hydrogens is 477 g/mol. The zero-order chi connectivity index (χ0) is 23.5. The summed E-state index contributed by atoms with van der Waals surface area (Å²) in [7, 11) is 0. The summed E-state index contributed by atoms with van der Waals surface area (Å²) >= 11 is 13.2. The van der Waals surface area contributed by atoms with Crippen LogP contribution in [-0.4, -0.2) is 58.5 Å². The van der Waals surface area contributed by atoms with Gasteiger partial charge in [-0.1, -0.05) is 23.2 Å². The van der Waals surface area contributed by atoms with Crippen LogP contribution in [0.3, 0.4) is 0 Å². The number of rotatable bonds is 5. The van der Waals surface area contributed by atoms with E-state index in [4.69, 9.17) is 27.9 Å². The van der Waals surface area contributed by atoms with E-state index in [2.05, 4.69) is 25.7 Å². The molecule has 0 saturated carbocycles. The largest absolute Gasteiger partial charge is 0.370 e. The smallest absolute Gasteiger partial charge is 0.253 e. The van der Waals surface area contributed by atoms with Crippen molar-refractivity contribution in [3.63, 3.8) is 0 Å². The van der Waals surface area contributed by atoms with Crippen molar-refractivity contribution in [3.05, 3.63) is 46.8 Å². The topological polar surface area (TPSA) is 97.2 Å². The molecule has 3 aromatic rings. The van der Waals surface area contributed by atoms with Crippen molar-refractivity contribution in [2.45, 2.75) is 25.3 Å². The van der Waals surface area contributed by atoms with Gasteiger partial charge < -0.3 is 20.3 Å². The summed E-state index contributed by atoms with van der Waals surface area (Å²) in [6, 6.07) is 7.75. The molecule has 2 saturated heterocycles. The Bertz CT molecular complexity index is 1160. The molecule has 0 spiro atoms. The fourth-order valence-electron chi connectivity index (χ4n) is 4.27. The lowest BCUT2D eigenvalue weighted by Gasteiger charge is -2.26. The van der Waals surface area contributed by atoms with Gasteiger partial charge >= 0.3 is 0 Å². The molecular formula is C23H25Cl2N7O2. The van der Waals surface area contributed by atoms with Crippen LogP contribution in [0.2, 0.25) is 10.2 Å². The number of carbonyl (C=O) groups is 1. The number of nitrogens with one attached hydrogen (secondary N) is 2. The van der Waals surface area contributed by atoms with Gasteiger partial charge in [0, 0.05) is 17.9 Å². The predicted octanol–water partition coefficient (Wildman–Crippen LogP) is 4.07. The molecule has 1 aromatic carbocycles. The summed E-state index contributed by atoms with van der Waals surface area (Å²) in [5.41, 5.74) is 2.81. The first-order chi connectivity index (χ1) is 16.6. The van der Waals surface area contributed by atoms with Crippen molar-refractivity contribution >= 4 is 46.4 Å². The highest BCUT2D eigenvalue weighted by atomic mass is 35.5. The van der Waals surface area contributed by atoms with E-state index >= 15 is 0 Å². The van der Waals surface area contributed by atoms with E-state index in [-0.39, 0.29) is 18.6 Å². The normalized spacial score (nSPS) is 19.2. The van der Waals surface area contributed by atoms with E-state index in [0.29, 0.717) is 40.5 Å². The number of carbonyl (C=O) groups excluding carboxylic acids is 1. The molecule has 4 heterocycles. The van der Waals surface area contributed by atoms with Gasteiger partial charge in [-0.05, 0) is 56.6 Å². The monoisotopic (exact) mass is 501 g/mol. The number of hydrogen-bond donors (Lipinski definition) is 2. The van der Waals surface area contributed by atoms with Gasteiger partial charge in [0.1, 0.15) is 11.8 Å². The molecule has 1 unspecified atom stereocenters.